The van der Waals surface area contributed by atoms with Gasteiger partial charge in [0.25, 0.3) is 0 Å². The topological polar surface area (TPSA) is 70.2 Å². The van der Waals surface area contributed by atoms with E-state index in [1.165, 1.54) is 10.8 Å². The van der Waals surface area contributed by atoms with Crippen LogP contribution in [0, 0.1) is 13.8 Å². The molecule has 6 nitrogen and oxygen atoms in total. The number of ether oxygens (including phenoxy) is 1. The van der Waals surface area contributed by atoms with Crippen LogP contribution in [0.15, 0.2) is 42.5 Å². The van der Waals surface area contributed by atoms with Crippen LogP contribution in [0.5, 0.6) is 0 Å². The molecule has 0 aliphatic carbocycles. The molecule has 2 aromatic carbocycles. The zero-order valence-corrected chi connectivity index (χ0v) is 17.2. The first-order chi connectivity index (χ1) is 14.0. The molecule has 2 unspecified atom stereocenters. The number of H-pyrrole nitrogens is 1. The first-order valence-corrected chi connectivity index (χ1v) is 10.1. The van der Waals surface area contributed by atoms with Crippen molar-refractivity contribution >= 4 is 16.7 Å². The molecule has 1 aromatic heterocycles. The number of nitrogens with one attached hydrogen (secondary N) is 2. The van der Waals surface area contributed by atoms with E-state index < -0.39 is 0 Å². The molecule has 1 saturated heterocycles. The molecule has 29 heavy (non-hydrogen) atoms. The maximum atomic E-state index is 12.8. The number of benzene rings is 2. The Balaban J connectivity index is 1.44. The highest BCUT2D eigenvalue weighted by Crippen LogP contribution is 2.28. The Hall–Kier alpha value is -2.70. The van der Waals surface area contributed by atoms with Crippen LogP contribution in [0.2, 0.25) is 0 Å². The fourth-order valence-corrected chi connectivity index (χ4v) is 4.18. The zero-order chi connectivity index (χ0) is 20.4. The van der Waals surface area contributed by atoms with Crippen LogP contribution in [0.1, 0.15) is 41.5 Å². The lowest BCUT2D eigenvalue weighted by Gasteiger charge is -2.35. The molecule has 1 aliphatic heterocycles. The molecule has 3 aromatic rings. The molecule has 0 radical (unpaired) electrons. The second kappa shape index (κ2) is 8.35. The summed E-state index contributed by atoms with van der Waals surface area (Å²) in [4.78, 5) is 15.0. The number of aryl methyl sites for hydroxylation is 2. The predicted octanol–water partition coefficient (Wildman–Crippen LogP) is 3.43. The average molecular weight is 393 g/mol. The number of hydrogen-bond acceptors (Lipinski definition) is 4. The maximum absolute atomic E-state index is 12.8. The number of amides is 1. The van der Waals surface area contributed by atoms with Crippen molar-refractivity contribution in [2.45, 2.75) is 32.9 Å². The molecule has 152 valence electrons. The number of aromatic nitrogens is 2. The van der Waals surface area contributed by atoms with Crippen molar-refractivity contribution in [1.29, 1.82) is 0 Å². The Labute approximate surface area is 171 Å². The molecule has 0 spiro atoms. The van der Waals surface area contributed by atoms with E-state index in [1.807, 2.05) is 32.9 Å². The minimum atomic E-state index is -0.0519. The van der Waals surface area contributed by atoms with Crippen LogP contribution in [0.4, 0.5) is 0 Å². The highest BCUT2D eigenvalue weighted by atomic mass is 16.5. The van der Waals surface area contributed by atoms with Gasteiger partial charge in [0, 0.05) is 17.8 Å². The van der Waals surface area contributed by atoms with Crippen molar-refractivity contribution < 1.29 is 9.53 Å². The van der Waals surface area contributed by atoms with Crippen molar-refractivity contribution in [2.24, 2.45) is 0 Å². The standard InChI is InChI=1S/C23H28N4O2/c1-15(19-9-8-18-6-4-5-7-20(18)12-19)24-22(28)13-27-10-11-29-14-21(27)23-16(2)25-26-17(23)3/h4-9,12,15,21H,10-11,13-14H2,1-3H3,(H,24,28)(H,25,26). The smallest absolute Gasteiger partial charge is 0.234 e. The van der Waals surface area contributed by atoms with E-state index in [2.05, 4.69) is 50.7 Å². The fraction of sp³-hybridized carbons (Fsp3) is 0.391. The molecule has 1 amide bonds. The first kappa shape index (κ1) is 19.6. The van der Waals surface area contributed by atoms with Gasteiger partial charge in [-0.2, -0.15) is 5.10 Å². The average Bonchev–Trinajstić information content (AvgIpc) is 3.06. The van der Waals surface area contributed by atoms with E-state index in [0.717, 1.165) is 29.1 Å². The van der Waals surface area contributed by atoms with Crippen LogP contribution in [0.3, 0.4) is 0 Å². The van der Waals surface area contributed by atoms with E-state index in [9.17, 15) is 4.79 Å². The van der Waals surface area contributed by atoms with Gasteiger partial charge in [-0.3, -0.25) is 14.8 Å². The summed E-state index contributed by atoms with van der Waals surface area (Å²) in [6.45, 7) is 8.33. The molecular weight excluding hydrogens is 364 g/mol. The minimum Gasteiger partial charge on any atom is -0.378 e. The van der Waals surface area contributed by atoms with Crippen LogP contribution < -0.4 is 5.32 Å². The van der Waals surface area contributed by atoms with E-state index in [1.54, 1.807) is 0 Å². The summed E-state index contributed by atoms with van der Waals surface area (Å²) in [7, 11) is 0. The van der Waals surface area contributed by atoms with Gasteiger partial charge in [0.15, 0.2) is 0 Å². The molecule has 0 saturated carbocycles. The fourth-order valence-electron chi connectivity index (χ4n) is 4.18. The summed E-state index contributed by atoms with van der Waals surface area (Å²) in [6, 6.07) is 14.6. The zero-order valence-electron chi connectivity index (χ0n) is 17.2. The first-order valence-electron chi connectivity index (χ1n) is 10.1. The SMILES string of the molecule is Cc1n[nH]c(C)c1C1COCCN1CC(=O)NC(C)c1ccc2ccccc2c1. The van der Waals surface area contributed by atoms with E-state index in [-0.39, 0.29) is 18.0 Å². The van der Waals surface area contributed by atoms with Crippen molar-refractivity contribution in [2.75, 3.05) is 26.3 Å². The van der Waals surface area contributed by atoms with Gasteiger partial charge in [-0.05, 0) is 43.2 Å². The monoisotopic (exact) mass is 392 g/mol. The Kier molecular flexibility index (Phi) is 5.65. The Morgan fingerprint density at radius 3 is 2.83 bits per heavy atom. The van der Waals surface area contributed by atoms with Gasteiger partial charge in [-0.15, -0.1) is 0 Å². The van der Waals surface area contributed by atoms with Crippen molar-refractivity contribution in [3.63, 3.8) is 0 Å². The van der Waals surface area contributed by atoms with E-state index >= 15 is 0 Å². The van der Waals surface area contributed by atoms with Crippen LogP contribution >= 0.6 is 0 Å². The van der Waals surface area contributed by atoms with Gasteiger partial charge < -0.3 is 10.1 Å². The normalized spacial score (nSPS) is 18.7. The Bertz CT molecular complexity index is 994. The third-order valence-electron chi connectivity index (χ3n) is 5.76. The largest absolute Gasteiger partial charge is 0.378 e. The number of morpholine rings is 1. The van der Waals surface area contributed by atoms with Gasteiger partial charge in [0.1, 0.15) is 0 Å². The lowest BCUT2D eigenvalue weighted by atomic mass is 10.0. The number of carbonyl (C=O) groups excluding carboxylic acids is 1. The molecule has 0 bridgehead atoms. The number of fused-ring (bicyclic) bond motifs is 1. The maximum Gasteiger partial charge on any atom is 0.234 e. The second-order valence-corrected chi connectivity index (χ2v) is 7.80. The molecule has 2 heterocycles. The van der Waals surface area contributed by atoms with Crippen molar-refractivity contribution in [3.8, 4) is 0 Å². The number of aromatic amines is 1. The number of nitrogens with zero attached hydrogens (tertiary/aromatic N) is 2. The van der Waals surface area contributed by atoms with Crippen LogP contribution in [-0.2, 0) is 9.53 Å². The number of carbonyl (C=O) groups is 1. The predicted molar refractivity (Wildman–Crippen MR) is 114 cm³/mol. The van der Waals surface area contributed by atoms with E-state index in [0.29, 0.717) is 19.8 Å². The third kappa shape index (κ3) is 4.18. The lowest BCUT2D eigenvalue weighted by molar-refractivity contribution is -0.125. The molecule has 1 fully saturated rings. The van der Waals surface area contributed by atoms with Crippen molar-refractivity contribution in [1.82, 2.24) is 20.4 Å². The molecular formula is C23H28N4O2. The Morgan fingerprint density at radius 2 is 2.07 bits per heavy atom. The van der Waals surface area contributed by atoms with Gasteiger partial charge in [0.05, 0.1) is 37.5 Å². The van der Waals surface area contributed by atoms with Gasteiger partial charge in [0.2, 0.25) is 5.91 Å². The molecule has 6 heteroatoms. The quantitative estimate of drug-likeness (QED) is 0.698. The van der Waals surface area contributed by atoms with Crippen LogP contribution in [-0.4, -0.2) is 47.3 Å². The molecule has 2 atom stereocenters. The summed E-state index contributed by atoms with van der Waals surface area (Å²) >= 11 is 0. The van der Waals surface area contributed by atoms with Crippen LogP contribution in [0.25, 0.3) is 10.8 Å². The summed E-state index contributed by atoms with van der Waals surface area (Å²) in [5.74, 6) is 0.0244. The summed E-state index contributed by atoms with van der Waals surface area (Å²) in [6.07, 6.45) is 0. The highest BCUT2D eigenvalue weighted by Gasteiger charge is 2.30. The summed E-state index contributed by atoms with van der Waals surface area (Å²) < 4.78 is 5.70. The molecule has 2 N–H and O–H groups in total. The third-order valence-corrected chi connectivity index (χ3v) is 5.76. The highest BCUT2D eigenvalue weighted by molar-refractivity contribution is 5.83. The number of rotatable bonds is 5. The van der Waals surface area contributed by atoms with Gasteiger partial charge >= 0.3 is 0 Å². The second-order valence-electron chi connectivity index (χ2n) is 7.80. The van der Waals surface area contributed by atoms with Gasteiger partial charge in [-0.1, -0.05) is 36.4 Å². The molecule has 4 rings (SSSR count). The van der Waals surface area contributed by atoms with Gasteiger partial charge in [-0.25, -0.2) is 0 Å². The Morgan fingerprint density at radius 1 is 1.28 bits per heavy atom. The van der Waals surface area contributed by atoms with Crippen molar-refractivity contribution in [3.05, 3.63) is 65.0 Å². The number of hydrogen-bond donors (Lipinski definition) is 2. The molecule has 1 aliphatic rings. The van der Waals surface area contributed by atoms with E-state index in [4.69, 9.17) is 4.74 Å². The summed E-state index contributed by atoms with van der Waals surface area (Å²) in [5.41, 5.74) is 4.25. The lowest BCUT2D eigenvalue weighted by Crippen LogP contribution is -2.45. The summed E-state index contributed by atoms with van der Waals surface area (Å²) in [5, 5.41) is 12.9. The minimum absolute atomic E-state index is 0.0244.